The standard InChI is InChI=1S/C24H25BrClNO3/c1-3-29-23-12-19(15-27-14-17-8-10-20(28-2)11-9-17)21(25)13-24(23)30-16-18-6-4-5-7-22(18)26/h4-13,27H,3,14-16H2,1-2H3. The molecular weight excluding hydrogens is 466 g/mol. The average Bonchev–Trinajstić information content (AvgIpc) is 2.76. The summed E-state index contributed by atoms with van der Waals surface area (Å²) in [5, 5.41) is 4.15. The summed E-state index contributed by atoms with van der Waals surface area (Å²) >= 11 is 9.90. The van der Waals surface area contributed by atoms with Crippen LogP contribution in [0.2, 0.25) is 5.02 Å². The van der Waals surface area contributed by atoms with E-state index < -0.39 is 0 Å². The predicted octanol–water partition coefficient (Wildman–Crippen LogP) is 6.38. The number of hydrogen-bond donors (Lipinski definition) is 1. The molecule has 0 aliphatic carbocycles. The summed E-state index contributed by atoms with van der Waals surface area (Å²) in [4.78, 5) is 0. The molecule has 0 spiro atoms. The van der Waals surface area contributed by atoms with Crippen molar-refractivity contribution in [1.82, 2.24) is 5.32 Å². The molecule has 0 fully saturated rings. The van der Waals surface area contributed by atoms with E-state index in [1.165, 1.54) is 5.56 Å². The van der Waals surface area contributed by atoms with E-state index in [9.17, 15) is 0 Å². The first-order valence-corrected chi connectivity index (χ1v) is 10.9. The third-order valence-corrected chi connectivity index (χ3v) is 5.66. The Labute approximate surface area is 191 Å². The lowest BCUT2D eigenvalue weighted by molar-refractivity contribution is 0.269. The van der Waals surface area contributed by atoms with E-state index in [4.69, 9.17) is 25.8 Å². The minimum Gasteiger partial charge on any atom is -0.497 e. The first-order valence-electron chi connectivity index (χ1n) is 9.75. The fourth-order valence-corrected chi connectivity index (χ4v) is 3.60. The van der Waals surface area contributed by atoms with Gasteiger partial charge in [-0.15, -0.1) is 0 Å². The van der Waals surface area contributed by atoms with Crippen molar-refractivity contribution in [2.24, 2.45) is 0 Å². The van der Waals surface area contributed by atoms with E-state index in [1.54, 1.807) is 7.11 Å². The molecule has 3 rings (SSSR count). The first-order chi connectivity index (χ1) is 14.6. The maximum Gasteiger partial charge on any atom is 0.162 e. The zero-order chi connectivity index (χ0) is 21.3. The van der Waals surface area contributed by atoms with Gasteiger partial charge in [0, 0.05) is 28.1 Å². The smallest absolute Gasteiger partial charge is 0.162 e. The fourth-order valence-electron chi connectivity index (χ4n) is 2.95. The highest BCUT2D eigenvalue weighted by Gasteiger charge is 2.12. The van der Waals surface area contributed by atoms with Crippen LogP contribution >= 0.6 is 27.5 Å². The van der Waals surface area contributed by atoms with Crippen molar-refractivity contribution >= 4 is 27.5 Å². The van der Waals surface area contributed by atoms with E-state index in [2.05, 4.69) is 33.4 Å². The second kappa shape index (κ2) is 11.3. The molecule has 158 valence electrons. The maximum absolute atomic E-state index is 6.24. The minimum absolute atomic E-state index is 0.376. The third kappa shape index (κ3) is 6.14. The van der Waals surface area contributed by atoms with Gasteiger partial charge in [-0.1, -0.05) is 57.9 Å². The highest BCUT2D eigenvalue weighted by molar-refractivity contribution is 9.10. The Morgan fingerprint density at radius 3 is 2.33 bits per heavy atom. The highest BCUT2D eigenvalue weighted by Crippen LogP contribution is 2.35. The van der Waals surface area contributed by atoms with Gasteiger partial charge in [-0.2, -0.15) is 0 Å². The minimum atomic E-state index is 0.376. The molecule has 0 unspecified atom stereocenters. The summed E-state index contributed by atoms with van der Waals surface area (Å²) in [6.07, 6.45) is 0. The van der Waals surface area contributed by atoms with E-state index in [-0.39, 0.29) is 0 Å². The number of halogens is 2. The predicted molar refractivity (Wildman–Crippen MR) is 125 cm³/mol. The lowest BCUT2D eigenvalue weighted by atomic mass is 10.1. The monoisotopic (exact) mass is 489 g/mol. The summed E-state index contributed by atoms with van der Waals surface area (Å²) in [7, 11) is 1.67. The van der Waals surface area contributed by atoms with Gasteiger partial charge in [0.15, 0.2) is 11.5 Å². The molecule has 0 aromatic heterocycles. The van der Waals surface area contributed by atoms with Crippen LogP contribution in [0.15, 0.2) is 65.1 Å². The zero-order valence-electron chi connectivity index (χ0n) is 17.1. The topological polar surface area (TPSA) is 39.7 Å². The second-order valence-corrected chi connectivity index (χ2v) is 7.92. The molecule has 3 aromatic carbocycles. The van der Waals surface area contributed by atoms with Crippen LogP contribution in [-0.4, -0.2) is 13.7 Å². The van der Waals surface area contributed by atoms with Gasteiger partial charge in [-0.25, -0.2) is 0 Å². The normalized spacial score (nSPS) is 10.7. The Bertz CT molecular complexity index is 963. The maximum atomic E-state index is 6.24. The van der Waals surface area contributed by atoms with Crippen LogP contribution in [0.5, 0.6) is 17.2 Å². The van der Waals surface area contributed by atoms with Gasteiger partial charge in [0.25, 0.3) is 0 Å². The molecule has 6 heteroatoms. The number of rotatable bonds is 10. The second-order valence-electron chi connectivity index (χ2n) is 6.66. The van der Waals surface area contributed by atoms with Crippen molar-refractivity contribution in [3.05, 3.63) is 86.8 Å². The van der Waals surface area contributed by atoms with Crippen molar-refractivity contribution in [2.75, 3.05) is 13.7 Å². The van der Waals surface area contributed by atoms with E-state index in [0.717, 1.165) is 27.9 Å². The van der Waals surface area contributed by atoms with Gasteiger partial charge in [0.1, 0.15) is 12.4 Å². The van der Waals surface area contributed by atoms with Crippen LogP contribution < -0.4 is 19.5 Å². The molecule has 0 heterocycles. The number of benzene rings is 3. The quantitative estimate of drug-likeness (QED) is 0.358. The number of ether oxygens (including phenoxy) is 3. The largest absolute Gasteiger partial charge is 0.497 e. The molecular formula is C24H25BrClNO3. The van der Waals surface area contributed by atoms with Gasteiger partial charge in [0.05, 0.1) is 13.7 Å². The molecule has 0 bridgehead atoms. The molecule has 0 saturated heterocycles. The fraction of sp³-hybridized carbons (Fsp3) is 0.250. The van der Waals surface area contributed by atoms with Crippen molar-refractivity contribution in [1.29, 1.82) is 0 Å². The molecule has 0 atom stereocenters. The number of methoxy groups -OCH3 is 1. The van der Waals surface area contributed by atoms with Crippen LogP contribution in [0, 0.1) is 0 Å². The first kappa shape index (κ1) is 22.5. The molecule has 0 aliphatic heterocycles. The molecule has 0 radical (unpaired) electrons. The van der Waals surface area contributed by atoms with Crippen molar-refractivity contribution in [3.63, 3.8) is 0 Å². The Morgan fingerprint density at radius 1 is 0.900 bits per heavy atom. The van der Waals surface area contributed by atoms with Crippen LogP contribution in [-0.2, 0) is 19.7 Å². The Hall–Kier alpha value is -2.21. The van der Waals surface area contributed by atoms with Crippen molar-refractivity contribution in [2.45, 2.75) is 26.6 Å². The number of nitrogens with one attached hydrogen (secondary N) is 1. The molecule has 0 amide bonds. The van der Waals surface area contributed by atoms with Crippen LogP contribution in [0.1, 0.15) is 23.6 Å². The molecule has 3 aromatic rings. The zero-order valence-corrected chi connectivity index (χ0v) is 19.4. The summed E-state index contributed by atoms with van der Waals surface area (Å²) in [5.41, 5.74) is 3.22. The number of hydrogen-bond acceptors (Lipinski definition) is 4. The van der Waals surface area contributed by atoms with Gasteiger partial charge >= 0.3 is 0 Å². The Kier molecular flexibility index (Phi) is 8.43. The van der Waals surface area contributed by atoms with E-state index >= 15 is 0 Å². The Balaban J connectivity index is 1.66. The summed E-state index contributed by atoms with van der Waals surface area (Å²) in [6.45, 7) is 4.34. The molecule has 4 nitrogen and oxygen atoms in total. The van der Waals surface area contributed by atoms with Crippen molar-refractivity contribution < 1.29 is 14.2 Å². The summed E-state index contributed by atoms with van der Waals surface area (Å²) in [5.74, 6) is 2.26. The summed E-state index contributed by atoms with van der Waals surface area (Å²) < 4.78 is 18.0. The van der Waals surface area contributed by atoms with Gasteiger partial charge < -0.3 is 19.5 Å². The molecule has 0 saturated carbocycles. The van der Waals surface area contributed by atoms with Gasteiger partial charge in [-0.05, 0) is 48.4 Å². The lowest BCUT2D eigenvalue weighted by Crippen LogP contribution is -2.13. The molecule has 0 aliphatic rings. The third-order valence-electron chi connectivity index (χ3n) is 4.56. The molecule has 30 heavy (non-hydrogen) atoms. The van der Waals surface area contributed by atoms with Crippen LogP contribution in [0.3, 0.4) is 0 Å². The summed E-state index contributed by atoms with van der Waals surface area (Å²) in [6, 6.07) is 19.7. The highest BCUT2D eigenvalue weighted by atomic mass is 79.9. The van der Waals surface area contributed by atoms with Crippen molar-refractivity contribution in [3.8, 4) is 17.2 Å². The lowest BCUT2D eigenvalue weighted by Gasteiger charge is -2.16. The Morgan fingerprint density at radius 2 is 1.63 bits per heavy atom. The van der Waals surface area contributed by atoms with Crippen LogP contribution in [0.4, 0.5) is 0 Å². The van der Waals surface area contributed by atoms with E-state index in [0.29, 0.717) is 36.3 Å². The SMILES string of the molecule is CCOc1cc(CNCc2ccc(OC)cc2)c(Br)cc1OCc1ccccc1Cl. The van der Waals surface area contributed by atoms with Crippen LogP contribution in [0.25, 0.3) is 0 Å². The van der Waals surface area contributed by atoms with Gasteiger partial charge in [0.2, 0.25) is 0 Å². The van der Waals surface area contributed by atoms with E-state index in [1.807, 2.05) is 55.5 Å². The molecule has 1 N–H and O–H groups in total. The van der Waals surface area contributed by atoms with Gasteiger partial charge in [-0.3, -0.25) is 0 Å². The average molecular weight is 491 g/mol.